The third-order valence-electron chi connectivity index (χ3n) is 3.70. The van der Waals surface area contributed by atoms with E-state index in [2.05, 4.69) is 4.98 Å². The van der Waals surface area contributed by atoms with Gasteiger partial charge in [0.25, 0.3) is 5.56 Å². The van der Waals surface area contributed by atoms with Crippen LogP contribution in [0.2, 0.25) is 0 Å². The van der Waals surface area contributed by atoms with Gasteiger partial charge < -0.3 is 9.90 Å². The average Bonchev–Trinajstić information content (AvgIpc) is 2.61. The topological polar surface area (TPSA) is 75.0 Å². The average molecular weight is 357 g/mol. The number of thioether (sulfide) groups is 1. The number of hydrogen-bond donors (Lipinski definition) is 0. The number of carboxylic acids is 1. The highest BCUT2D eigenvalue weighted by atomic mass is 32.2. The minimum Gasteiger partial charge on any atom is -0.549 e. The molecule has 0 saturated carbocycles. The molecule has 1 heterocycles. The van der Waals surface area contributed by atoms with E-state index in [1.807, 2.05) is 0 Å². The molecule has 0 spiro atoms. The monoisotopic (exact) mass is 357 g/mol. The number of carbonyl (C=O) groups excluding carboxylic acids is 1. The van der Waals surface area contributed by atoms with Crippen molar-refractivity contribution in [3.05, 3.63) is 64.7 Å². The van der Waals surface area contributed by atoms with Crippen LogP contribution in [0.3, 0.4) is 0 Å². The maximum Gasteiger partial charge on any atom is 0.266 e. The maximum atomic E-state index is 13.6. The van der Waals surface area contributed by atoms with Crippen LogP contribution in [0.1, 0.15) is 13.3 Å². The molecule has 1 atom stereocenters. The van der Waals surface area contributed by atoms with Gasteiger partial charge in [-0.3, -0.25) is 9.36 Å². The quantitative estimate of drug-likeness (QED) is 0.517. The van der Waals surface area contributed by atoms with Crippen LogP contribution in [0, 0.1) is 5.82 Å². The van der Waals surface area contributed by atoms with Gasteiger partial charge in [-0.1, -0.05) is 36.9 Å². The van der Waals surface area contributed by atoms with Gasteiger partial charge in [0, 0.05) is 0 Å². The third kappa shape index (κ3) is 3.41. The lowest BCUT2D eigenvalue weighted by Gasteiger charge is -2.18. The number of benzene rings is 2. The fraction of sp³-hybridized carbons (Fsp3) is 0.167. The summed E-state index contributed by atoms with van der Waals surface area (Å²) < 4.78 is 14.9. The molecule has 1 aromatic heterocycles. The van der Waals surface area contributed by atoms with E-state index >= 15 is 0 Å². The normalized spacial score (nSPS) is 12.2. The third-order valence-corrected chi connectivity index (χ3v) is 4.99. The molecule has 0 radical (unpaired) electrons. The van der Waals surface area contributed by atoms with E-state index in [0.717, 1.165) is 17.8 Å². The van der Waals surface area contributed by atoms with Crippen LogP contribution in [-0.4, -0.2) is 20.8 Å². The Hall–Kier alpha value is -2.67. The van der Waals surface area contributed by atoms with Gasteiger partial charge in [-0.25, -0.2) is 9.37 Å². The van der Waals surface area contributed by atoms with Crippen LogP contribution in [0.5, 0.6) is 0 Å². The molecule has 0 fully saturated rings. The fourth-order valence-corrected chi connectivity index (χ4v) is 3.41. The molecular weight excluding hydrogens is 343 g/mol. The van der Waals surface area contributed by atoms with E-state index in [1.165, 1.54) is 16.7 Å². The molecule has 0 aliphatic carbocycles. The van der Waals surface area contributed by atoms with Crippen molar-refractivity contribution in [2.45, 2.75) is 23.8 Å². The van der Waals surface area contributed by atoms with E-state index in [-0.39, 0.29) is 10.5 Å². The molecule has 2 aromatic carbocycles. The molecule has 0 aliphatic rings. The number of para-hydroxylation sites is 1. The Bertz CT molecular complexity index is 989. The molecule has 7 heteroatoms. The zero-order chi connectivity index (χ0) is 18.0. The Morgan fingerprint density at radius 3 is 2.64 bits per heavy atom. The molecule has 25 heavy (non-hydrogen) atoms. The van der Waals surface area contributed by atoms with Crippen molar-refractivity contribution in [3.8, 4) is 5.69 Å². The first-order valence-electron chi connectivity index (χ1n) is 7.66. The number of fused-ring (bicyclic) bond motifs is 1. The van der Waals surface area contributed by atoms with Crippen LogP contribution in [0.4, 0.5) is 4.39 Å². The minimum absolute atomic E-state index is 0.134. The minimum atomic E-state index is -1.22. The Balaban J connectivity index is 2.28. The Morgan fingerprint density at radius 1 is 1.28 bits per heavy atom. The molecule has 128 valence electrons. The molecule has 0 amide bonds. The van der Waals surface area contributed by atoms with Gasteiger partial charge in [-0.2, -0.15) is 0 Å². The van der Waals surface area contributed by atoms with Crippen molar-refractivity contribution in [2.24, 2.45) is 0 Å². The smallest absolute Gasteiger partial charge is 0.266 e. The molecule has 1 unspecified atom stereocenters. The van der Waals surface area contributed by atoms with E-state index < -0.39 is 22.6 Å². The van der Waals surface area contributed by atoms with Crippen molar-refractivity contribution in [1.82, 2.24) is 9.55 Å². The molecular formula is C18H14FN2O3S-. The summed E-state index contributed by atoms with van der Waals surface area (Å²) in [6.45, 7) is 1.72. The summed E-state index contributed by atoms with van der Waals surface area (Å²) in [5, 5.41) is 10.8. The summed E-state index contributed by atoms with van der Waals surface area (Å²) in [5.41, 5.74) is 0.391. The number of rotatable bonds is 5. The predicted octanol–water partition coefficient (Wildman–Crippen LogP) is 2.15. The van der Waals surface area contributed by atoms with E-state index in [4.69, 9.17) is 0 Å². The van der Waals surface area contributed by atoms with E-state index in [0.29, 0.717) is 17.6 Å². The first-order valence-corrected chi connectivity index (χ1v) is 8.54. The number of halogens is 1. The summed E-state index contributed by atoms with van der Waals surface area (Å²) in [4.78, 5) is 28.6. The van der Waals surface area contributed by atoms with Crippen molar-refractivity contribution in [1.29, 1.82) is 0 Å². The van der Waals surface area contributed by atoms with Crippen LogP contribution in [0.25, 0.3) is 16.6 Å². The second kappa shape index (κ2) is 7.06. The number of carbonyl (C=O) groups is 1. The molecule has 3 rings (SSSR count). The van der Waals surface area contributed by atoms with Gasteiger partial charge >= 0.3 is 0 Å². The largest absolute Gasteiger partial charge is 0.549 e. The second-order valence-electron chi connectivity index (χ2n) is 5.37. The highest BCUT2D eigenvalue weighted by Crippen LogP contribution is 2.26. The zero-order valence-electron chi connectivity index (χ0n) is 13.3. The van der Waals surface area contributed by atoms with Gasteiger partial charge in [0.1, 0.15) is 5.82 Å². The first kappa shape index (κ1) is 17.2. The summed E-state index contributed by atoms with van der Waals surface area (Å²) in [7, 11) is 0. The maximum absolute atomic E-state index is 13.6. The number of aliphatic carboxylic acids is 1. The van der Waals surface area contributed by atoms with Crippen LogP contribution >= 0.6 is 11.8 Å². The van der Waals surface area contributed by atoms with Crippen molar-refractivity contribution in [2.75, 3.05) is 0 Å². The molecule has 0 saturated heterocycles. The first-order chi connectivity index (χ1) is 12.0. The summed E-state index contributed by atoms with van der Waals surface area (Å²) in [6, 6.07) is 12.5. The van der Waals surface area contributed by atoms with Gasteiger partial charge in [-0.05, 0) is 36.8 Å². The van der Waals surface area contributed by atoms with Gasteiger partial charge in [0.05, 0.1) is 27.8 Å². The van der Waals surface area contributed by atoms with Crippen molar-refractivity contribution in [3.63, 3.8) is 0 Å². The summed E-state index contributed by atoms with van der Waals surface area (Å²) in [5.74, 6) is -1.76. The summed E-state index contributed by atoms with van der Waals surface area (Å²) in [6.07, 6.45) is 0.319. The number of hydrogen-bond acceptors (Lipinski definition) is 5. The highest BCUT2D eigenvalue weighted by Gasteiger charge is 2.18. The lowest BCUT2D eigenvalue weighted by Crippen LogP contribution is -2.34. The highest BCUT2D eigenvalue weighted by molar-refractivity contribution is 8.00. The SMILES string of the molecule is CCC(Sc1nc2ccc(F)cc2c(=O)n1-c1ccccc1)C(=O)[O-]. The van der Waals surface area contributed by atoms with Gasteiger partial charge in [0.2, 0.25) is 0 Å². The number of carboxylic acid groups (broad SMARTS) is 1. The van der Waals surface area contributed by atoms with Crippen LogP contribution in [0.15, 0.2) is 58.5 Å². The van der Waals surface area contributed by atoms with Crippen LogP contribution < -0.4 is 10.7 Å². The molecule has 0 bridgehead atoms. The molecule has 0 N–H and O–H groups in total. The van der Waals surface area contributed by atoms with Crippen molar-refractivity contribution < 1.29 is 14.3 Å². The predicted molar refractivity (Wildman–Crippen MR) is 92.2 cm³/mol. The van der Waals surface area contributed by atoms with Gasteiger partial charge in [-0.15, -0.1) is 0 Å². The second-order valence-corrected chi connectivity index (χ2v) is 6.54. The van der Waals surface area contributed by atoms with E-state index in [1.54, 1.807) is 37.3 Å². The Labute approximate surface area is 147 Å². The Kier molecular flexibility index (Phi) is 4.85. The zero-order valence-corrected chi connectivity index (χ0v) is 14.1. The van der Waals surface area contributed by atoms with Crippen LogP contribution in [-0.2, 0) is 4.79 Å². The Morgan fingerprint density at radius 2 is 2.00 bits per heavy atom. The number of nitrogens with zero attached hydrogens (tertiary/aromatic N) is 2. The lowest BCUT2D eigenvalue weighted by atomic mass is 10.2. The molecule has 0 aliphatic heterocycles. The lowest BCUT2D eigenvalue weighted by molar-refractivity contribution is -0.304. The number of aromatic nitrogens is 2. The van der Waals surface area contributed by atoms with Crippen molar-refractivity contribution >= 4 is 28.6 Å². The molecule has 5 nitrogen and oxygen atoms in total. The van der Waals surface area contributed by atoms with E-state index in [9.17, 15) is 19.1 Å². The standard InChI is InChI=1S/C18H15FN2O3S/c1-2-15(17(23)24)25-18-20-14-9-8-11(19)10-13(14)16(22)21(18)12-6-4-3-5-7-12/h3-10,15H,2H2,1H3,(H,23,24)/p-1. The molecule has 3 aromatic rings. The fourth-order valence-electron chi connectivity index (χ4n) is 2.45. The van der Waals surface area contributed by atoms with Gasteiger partial charge in [0.15, 0.2) is 5.16 Å². The summed E-state index contributed by atoms with van der Waals surface area (Å²) >= 11 is 0.948.